The van der Waals surface area contributed by atoms with Crippen LogP contribution in [0.2, 0.25) is 0 Å². The van der Waals surface area contributed by atoms with E-state index in [1.807, 2.05) is 0 Å². The number of carboxylic acids is 1. The number of hydrogen-bond donors (Lipinski definition) is 2. The Balaban J connectivity index is 0. The van der Waals surface area contributed by atoms with Crippen molar-refractivity contribution in [2.24, 2.45) is 0 Å². The Morgan fingerprint density at radius 3 is 1.58 bits per heavy atom. The first kappa shape index (κ1) is 13.7. The van der Waals surface area contributed by atoms with Crippen LogP contribution in [0.25, 0.3) is 0 Å². The second kappa shape index (κ2) is 5.78. The normalized spacial score (nSPS) is 9.25. The van der Waals surface area contributed by atoms with Gasteiger partial charge in [0, 0.05) is 24.5 Å². The van der Waals surface area contributed by atoms with Crippen LogP contribution in [0.5, 0.6) is 0 Å². The largest absolute Gasteiger partial charge is 0.481 e. The average Bonchev–Trinajstić information content (AvgIpc) is 1.52. The predicted octanol–water partition coefficient (Wildman–Crippen LogP) is -0.303. The maximum absolute atomic E-state index is 9.88. The fraction of sp³-hybridized carbons (Fsp3) is 0.500. The molecule has 0 aliphatic heterocycles. The lowest BCUT2D eigenvalue weighted by Gasteiger charge is -1.90. The van der Waals surface area contributed by atoms with Gasteiger partial charge in [-0.15, -0.1) is 0 Å². The van der Waals surface area contributed by atoms with Crippen LogP contribution in [0.4, 0.5) is 0 Å². The van der Waals surface area contributed by atoms with Crippen molar-refractivity contribution in [3.05, 3.63) is 0 Å². The Labute approximate surface area is 74.1 Å². The first-order valence-corrected chi connectivity index (χ1v) is 4.88. The van der Waals surface area contributed by atoms with E-state index in [0.717, 1.165) is 13.8 Å². The molecule has 0 atom stereocenters. The Kier molecular flexibility index (Phi) is 6.63. The molecule has 1 amide bonds. The Bertz CT molecular complexity index is 255. The molecule has 0 heterocycles. The Morgan fingerprint density at radius 1 is 1.33 bits per heavy atom. The smallest absolute Gasteiger partial charge is 0.321 e. The molecule has 8 heteroatoms. The van der Waals surface area contributed by atoms with Crippen molar-refractivity contribution >= 4 is 31.8 Å². The minimum atomic E-state index is -3.85. The second-order valence-corrected chi connectivity index (χ2v) is 3.91. The van der Waals surface area contributed by atoms with E-state index in [2.05, 4.69) is 10.7 Å². The second-order valence-electron chi connectivity index (χ2n) is 1.62. The van der Waals surface area contributed by atoms with E-state index in [-0.39, 0.29) is 0 Å². The lowest BCUT2D eigenvalue weighted by Crippen LogP contribution is -2.23. The van der Waals surface area contributed by atoms with E-state index in [0.29, 0.717) is 0 Å². The molecule has 0 aromatic carbocycles. The van der Waals surface area contributed by atoms with Crippen LogP contribution in [0.15, 0.2) is 0 Å². The van der Waals surface area contributed by atoms with Crippen LogP contribution in [-0.4, -0.2) is 25.4 Å². The fourth-order valence-electron chi connectivity index (χ4n) is 0.172. The molecule has 72 valence electrons. The summed E-state index contributed by atoms with van der Waals surface area (Å²) in [7, 11) is 0.718. The minimum absolute atomic E-state index is 0.694. The molecular formula is C4H8ClNO5S. The maximum Gasteiger partial charge on any atom is 0.321 e. The molecular weight excluding hydrogens is 210 g/mol. The number of rotatable bonds is 1. The zero-order chi connectivity index (χ0) is 10.4. The molecule has 0 saturated carbocycles. The van der Waals surface area contributed by atoms with Crippen molar-refractivity contribution in [2.75, 3.05) is 0 Å². The minimum Gasteiger partial charge on any atom is -0.481 e. The van der Waals surface area contributed by atoms with Crippen LogP contribution < -0.4 is 4.72 Å². The lowest BCUT2D eigenvalue weighted by atomic mass is 10.8. The summed E-state index contributed by atoms with van der Waals surface area (Å²) in [4.78, 5) is 18.9. The third kappa shape index (κ3) is 35.2. The van der Waals surface area contributed by atoms with Crippen molar-refractivity contribution in [3.63, 3.8) is 0 Å². The molecule has 12 heavy (non-hydrogen) atoms. The van der Waals surface area contributed by atoms with Gasteiger partial charge in [0.25, 0.3) is 5.97 Å². The van der Waals surface area contributed by atoms with E-state index in [1.54, 1.807) is 0 Å². The lowest BCUT2D eigenvalue weighted by molar-refractivity contribution is -0.134. The van der Waals surface area contributed by atoms with Gasteiger partial charge >= 0.3 is 9.24 Å². The molecule has 0 radical (unpaired) electrons. The van der Waals surface area contributed by atoms with Crippen molar-refractivity contribution in [3.8, 4) is 0 Å². The monoisotopic (exact) mass is 217 g/mol. The molecule has 0 rings (SSSR count). The molecule has 0 saturated heterocycles. The van der Waals surface area contributed by atoms with Gasteiger partial charge in [-0.2, -0.15) is 8.42 Å². The first-order valence-electron chi connectivity index (χ1n) is 2.57. The van der Waals surface area contributed by atoms with Gasteiger partial charge in [-0.1, -0.05) is 0 Å². The third-order valence-corrected chi connectivity index (χ3v) is 1.03. The van der Waals surface area contributed by atoms with Gasteiger partial charge in [-0.05, 0) is 0 Å². The van der Waals surface area contributed by atoms with Crippen molar-refractivity contribution < 1.29 is 23.1 Å². The third-order valence-electron chi connectivity index (χ3n) is 0.266. The molecule has 0 aliphatic carbocycles. The van der Waals surface area contributed by atoms with Crippen LogP contribution in [0.3, 0.4) is 0 Å². The molecule has 0 aliphatic rings. The van der Waals surface area contributed by atoms with Gasteiger partial charge in [0.2, 0.25) is 5.91 Å². The summed E-state index contributed by atoms with van der Waals surface area (Å²) >= 11 is 0. The van der Waals surface area contributed by atoms with Gasteiger partial charge in [-0.25, -0.2) is 4.72 Å². The van der Waals surface area contributed by atoms with Gasteiger partial charge in [0.1, 0.15) is 0 Å². The molecule has 2 N–H and O–H groups in total. The molecule has 0 bridgehead atoms. The quantitative estimate of drug-likeness (QED) is 0.587. The molecule has 0 aromatic heterocycles. The zero-order valence-corrected chi connectivity index (χ0v) is 7.94. The van der Waals surface area contributed by atoms with Gasteiger partial charge < -0.3 is 5.11 Å². The van der Waals surface area contributed by atoms with Crippen molar-refractivity contribution in [1.82, 2.24) is 4.72 Å². The summed E-state index contributed by atoms with van der Waals surface area (Å²) in [6.07, 6.45) is 0. The summed E-state index contributed by atoms with van der Waals surface area (Å²) in [5.41, 5.74) is 0. The standard InChI is InChI=1S/C2H4ClNO3S.C2H4O2/c1-2(5)4-8(3,6)7;1-2(3)4/h1H3,(H,4,5);1H3,(H,3,4). The Morgan fingerprint density at radius 2 is 1.58 bits per heavy atom. The highest BCUT2D eigenvalue weighted by atomic mass is 35.7. The van der Waals surface area contributed by atoms with Crippen molar-refractivity contribution in [2.45, 2.75) is 13.8 Å². The maximum atomic E-state index is 9.88. The number of carbonyl (C=O) groups is 2. The average molecular weight is 218 g/mol. The molecule has 0 unspecified atom stereocenters. The predicted molar refractivity (Wildman–Crippen MR) is 41.9 cm³/mol. The highest BCUT2D eigenvalue weighted by Gasteiger charge is 2.03. The number of amides is 1. The molecule has 0 fully saturated rings. The zero-order valence-electron chi connectivity index (χ0n) is 6.37. The van der Waals surface area contributed by atoms with Crippen LogP contribution in [0.1, 0.15) is 13.8 Å². The van der Waals surface area contributed by atoms with Crippen LogP contribution in [0, 0.1) is 0 Å². The van der Waals surface area contributed by atoms with Crippen molar-refractivity contribution in [1.29, 1.82) is 0 Å². The highest BCUT2D eigenvalue weighted by Crippen LogP contribution is 1.86. The number of aliphatic carboxylic acids is 1. The summed E-state index contributed by atoms with van der Waals surface area (Å²) in [5.74, 6) is -1.53. The molecule has 0 aromatic rings. The number of nitrogens with one attached hydrogen (secondary N) is 1. The summed E-state index contributed by atoms with van der Waals surface area (Å²) in [5, 5.41) is 7.42. The van der Waals surface area contributed by atoms with E-state index in [1.165, 1.54) is 4.72 Å². The molecule has 6 nitrogen and oxygen atoms in total. The van der Waals surface area contributed by atoms with E-state index in [9.17, 15) is 13.2 Å². The summed E-state index contributed by atoms with van der Waals surface area (Å²) < 4.78 is 21.2. The SMILES string of the molecule is CC(=O)NS(=O)(=O)Cl.CC(=O)O. The summed E-state index contributed by atoms with van der Waals surface area (Å²) in [6.45, 7) is 2.14. The Hall–Kier alpha value is -0.820. The summed E-state index contributed by atoms with van der Waals surface area (Å²) in [6, 6.07) is 0. The topological polar surface area (TPSA) is 101 Å². The first-order chi connectivity index (χ1) is 5.15. The molecule has 0 spiro atoms. The fourth-order valence-corrected chi connectivity index (χ4v) is 0.841. The number of carbonyl (C=O) groups excluding carboxylic acids is 1. The number of halogens is 1. The van der Waals surface area contributed by atoms with E-state index in [4.69, 9.17) is 9.90 Å². The van der Waals surface area contributed by atoms with E-state index >= 15 is 0 Å². The number of carboxylic acid groups (broad SMARTS) is 1. The van der Waals surface area contributed by atoms with E-state index < -0.39 is 21.1 Å². The highest BCUT2D eigenvalue weighted by molar-refractivity contribution is 8.12. The van der Waals surface area contributed by atoms with Gasteiger partial charge in [0.15, 0.2) is 0 Å². The van der Waals surface area contributed by atoms with Crippen LogP contribution >= 0.6 is 10.7 Å². The number of hydrogen-bond acceptors (Lipinski definition) is 4. The van der Waals surface area contributed by atoms with Crippen LogP contribution in [-0.2, 0) is 18.8 Å². The van der Waals surface area contributed by atoms with Gasteiger partial charge in [0.05, 0.1) is 0 Å². The van der Waals surface area contributed by atoms with Gasteiger partial charge in [-0.3, -0.25) is 9.59 Å².